The summed E-state index contributed by atoms with van der Waals surface area (Å²) in [6.07, 6.45) is 4.94. The predicted molar refractivity (Wildman–Crippen MR) is 122 cm³/mol. The average Bonchev–Trinajstić information content (AvgIpc) is 3.13. The van der Waals surface area contributed by atoms with Crippen LogP contribution in [0.25, 0.3) is 11.1 Å². The molecule has 4 aliphatic rings. The first-order chi connectivity index (χ1) is 15.1. The smallest absolute Gasteiger partial charge is 0.166 e. The molecule has 0 saturated carbocycles. The minimum Gasteiger partial charge on any atom is -0.504 e. The maximum absolute atomic E-state index is 10.7. The summed E-state index contributed by atoms with van der Waals surface area (Å²) in [5, 5.41) is 10.7. The molecule has 0 unspecified atom stereocenters. The molecule has 3 aromatic rings. The highest BCUT2D eigenvalue weighted by Gasteiger charge is 2.64. The summed E-state index contributed by atoms with van der Waals surface area (Å²) in [6.45, 7) is 1.06. The van der Waals surface area contributed by atoms with Crippen molar-refractivity contribution in [3.8, 4) is 22.6 Å². The van der Waals surface area contributed by atoms with E-state index >= 15 is 0 Å². The molecule has 0 amide bonds. The number of likely N-dealkylation sites (N-methyl/N-ethyl adjacent to an activating group) is 1. The Morgan fingerprint density at radius 1 is 1.16 bits per heavy atom. The van der Waals surface area contributed by atoms with Gasteiger partial charge in [0, 0.05) is 33.3 Å². The van der Waals surface area contributed by atoms with Gasteiger partial charge >= 0.3 is 0 Å². The van der Waals surface area contributed by atoms with E-state index in [0.717, 1.165) is 47.1 Å². The highest BCUT2D eigenvalue weighted by atomic mass is 79.9. The number of piperidine rings is 1. The standard InChI is InChI=1S/C26H23BrN2O2/c1-29-9-8-26-18-11-15-10-16(17-4-2-3-5-19(17)27)13-28-23(15)25(26)31-24-21(30)7-6-14(22(24)26)12-20(18)29/h2-7,10,13,18,20,25,30H,8-9,11-12H2,1H3/t18-,20-,25-,26-/m0/s1. The first kappa shape index (κ1) is 18.2. The minimum absolute atomic E-state index is 0.0757. The van der Waals surface area contributed by atoms with Gasteiger partial charge in [-0.25, -0.2) is 0 Å². The van der Waals surface area contributed by atoms with Crippen LogP contribution in [-0.4, -0.2) is 34.6 Å². The third-order valence-electron chi connectivity index (χ3n) is 8.27. The Morgan fingerprint density at radius 2 is 2.03 bits per heavy atom. The van der Waals surface area contributed by atoms with E-state index in [4.69, 9.17) is 9.72 Å². The molecule has 7 rings (SSSR count). The number of benzene rings is 2. The molecule has 1 saturated heterocycles. The fraction of sp³-hybridized carbons (Fsp3) is 0.346. The number of halogens is 1. The topological polar surface area (TPSA) is 45.6 Å². The van der Waals surface area contributed by atoms with Crippen LogP contribution in [0.3, 0.4) is 0 Å². The van der Waals surface area contributed by atoms with Crippen LogP contribution in [0.2, 0.25) is 0 Å². The molecule has 1 spiro atoms. The van der Waals surface area contributed by atoms with Crippen LogP contribution in [0.4, 0.5) is 0 Å². The molecule has 1 fully saturated rings. The zero-order chi connectivity index (χ0) is 20.9. The Morgan fingerprint density at radius 3 is 2.90 bits per heavy atom. The number of aromatic nitrogens is 1. The van der Waals surface area contributed by atoms with Gasteiger partial charge in [0.25, 0.3) is 0 Å². The summed E-state index contributed by atoms with van der Waals surface area (Å²) in [5.41, 5.74) is 7.18. The minimum atomic E-state index is -0.118. The SMILES string of the molecule is CN1CC[C@]23c4c5ccc(O)c4O[C@H]2c2ncc(-c4ccccc4Br)cc2C[C@H]3[C@@H]1C5. The quantitative estimate of drug-likeness (QED) is 0.537. The van der Waals surface area contributed by atoms with Crippen LogP contribution >= 0.6 is 15.9 Å². The number of aromatic hydroxyl groups is 1. The maximum Gasteiger partial charge on any atom is 0.166 e. The van der Waals surface area contributed by atoms with Gasteiger partial charge in [-0.05, 0) is 73.7 Å². The third-order valence-corrected chi connectivity index (χ3v) is 8.96. The zero-order valence-electron chi connectivity index (χ0n) is 17.3. The van der Waals surface area contributed by atoms with Crippen LogP contribution in [0, 0.1) is 5.92 Å². The van der Waals surface area contributed by atoms with Crippen molar-refractivity contribution in [3.63, 3.8) is 0 Å². The first-order valence-corrected chi connectivity index (χ1v) is 11.8. The molecule has 3 heterocycles. The van der Waals surface area contributed by atoms with Crippen LogP contribution in [0.15, 0.2) is 53.1 Å². The Kier molecular flexibility index (Phi) is 3.59. The lowest BCUT2D eigenvalue weighted by Crippen LogP contribution is -2.62. The highest BCUT2D eigenvalue weighted by Crippen LogP contribution is 2.66. The van der Waals surface area contributed by atoms with Crippen LogP contribution in [0.1, 0.15) is 34.9 Å². The second kappa shape index (κ2) is 6.11. The number of hydrogen-bond acceptors (Lipinski definition) is 4. The van der Waals surface area contributed by atoms with Crippen LogP contribution < -0.4 is 4.74 Å². The predicted octanol–water partition coefficient (Wildman–Crippen LogP) is 5.02. The van der Waals surface area contributed by atoms with E-state index in [2.05, 4.69) is 58.2 Å². The number of ether oxygens (including phenoxy) is 1. The van der Waals surface area contributed by atoms with Gasteiger partial charge in [0.1, 0.15) is 0 Å². The first-order valence-electron chi connectivity index (χ1n) is 11.0. The van der Waals surface area contributed by atoms with Crippen molar-refractivity contribution in [2.45, 2.75) is 36.8 Å². The molecule has 4 atom stereocenters. The molecule has 0 radical (unpaired) electrons. The number of rotatable bonds is 1. The van der Waals surface area contributed by atoms with Crippen molar-refractivity contribution >= 4 is 15.9 Å². The Hall–Kier alpha value is -2.37. The van der Waals surface area contributed by atoms with E-state index in [1.165, 1.54) is 16.7 Å². The molecular weight excluding hydrogens is 452 g/mol. The molecule has 1 aromatic heterocycles. The number of hydrogen-bond donors (Lipinski definition) is 1. The highest BCUT2D eigenvalue weighted by molar-refractivity contribution is 9.10. The van der Waals surface area contributed by atoms with Crippen molar-refractivity contribution in [1.82, 2.24) is 9.88 Å². The number of likely N-dealkylation sites (tertiary alicyclic amines) is 1. The van der Waals surface area contributed by atoms with E-state index in [9.17, 15) is 5.11 Å². The molecule has 2 aliphatic carbocycles. The van der Waals surface area contributed by atoms with E-state index in [0.29, 0.717) is 17.7 Å². The lowest BCUT2D eigenvalue weighted by atomic mass is 9.51. The second-order valence-electron chi connectivity index (χ2n) is 9.55. The molecule has 4 nitrogen and oxygen atoms in total. The lowest BCUT2D eigenvalue weighted by molar-refractivity contribution is -0.0260. The Balaban J connectivity index is 1.45. The molecule has 2 bridgehead atoms. The van der Waals surface area contributed by atoms with Crippen LogP contribution in [0.5, 0.6) is 11.5 Å². The largest absolute Gasteiger partial charge is 0.504 e. The number of phenolic OH excluding ortho intramolecular Hbond substituents is 1. The van der Waals surface area contributed by atoms with E-state index in [1.54, 1.807) is 0 Å². The summed E-state index contributed by atoms with van der Waals surface area (Å²) in [6, 6.07) is 15.0. The van der Waals surface area contributed by atoms with E-state index in [-0.39, 0.29) is 17.3 Å². The zero-order valence-corrected chi connectivity index (χ0v) is 18.9. The van der Waals surface area contributed by atoms with Gasteiger partial charge in [0.05, 0.1) is 5.69 Å². The van der Waals surface area contributed by atoms with Gasteiger partial charge in [0.15, 0.2) is 17.6 Å². The monoisotopic (exact) mass is 474 g/mol. The summed E-state index contributed by atoms with van der Waals surface area (Å²) < 4.78 is 7.68. The number of fused-ring (bicyclic) bond motifs is 2. The molecule has 5 heteroatoms. The average molecular weight is 475 g/mol. The van der Waals surface area contributed by atoms with Crippen molar-refractivity contribution in [2.24, 2.45) is 5.92 Å². The van der Waals surface area contributed by atoms with Crippen molar-refractivity contribution in [2.75, 3.05) is 13.6 Å². The van der Waals surface area contributed by atoms with Gasteiger partial charge in [0.2, 0.25) is 0 Å². The van der Waals surface area contributed by atoms with Crippen LogP contribution in [-0.2, 0) is 18.3 Å². The summed E-state index contributed by atoms with van der Waals surface area (Å²) in [5.74, 6) is 1.45. The fourth-order valence-electron chi connectivity index (χ4n) is 6.91. The molecule has 31 heavy (non-hydrogen) atoms. The van der Waals surface area contributed by atoms with Gasteiger partial charge in [-0.1, -0.05) is 40.2 Å². The summed E-state index contributed by atoms with van der Waals surface area (Å²) >= 11 is 3.69. The molecule has 2 aromatic carbocycles. The third kappa shape index (κ3) is 2.21. The maximum atomic E-state index is 10.7. The molecular formula is C26H23BrN2O2. The number of nitrogens with zero attached hydrogens (tertiary/aromatic N) is 2. The summed E-state index contributed by atoms with van der Waals surface area (Å²) in [4.78, 5) is 7.54. The van der Waals surface area contributed by atoms with Crippen molar-refractivity contribution < 1.29 is 9.84 Å². The lowest BCUT2D eigenvalue weighted by Gasteiger charge is -2.57. The van der Waals surface area contributed by atoms with Crippen molar-refractivity contribution in [3.05, 3.63) is 75.5 Å². The van der Waals surface area contributed by atoms with Crippen molar-refractivity contribution in [1.29, 1.82) is 0 Å². The Bertz CT molecular complexity index is 1260. The number of phenols is 1. The van der Waals surface area contributed by atoms with Gasteiger partial charge < -0.3 is 14.7 Å². The normalized spacial score (nSPS) is 29.8. The fourth-order valence-corrected chi connectivity index (χ4v) is 7.42. The van der Waals surface area contributed by atoms with Gasteiger partial charge in [-0.15, -0.1) is 0 Å². The van der Waals surface area contributed by atoms with E-state index < -0.39 is 0 Å². The molecule has 2 aliphatic heterocycles. The van der Waals surface area contributed by atoms with Gasteiger partial charge in [-0.2, -0.15) is 0 Å². The Labute approximate surface area is 190 Å². The van der Waals surface area contributed by atoms with Gasteiger partial charge in [-0.3, -0.25) is 4.98 Å². The van der Waals surface area contributed by atoms with E-state index in [1.807, 2.05) is 18.3 Å². The molecule has 1 N–H and O–H groups in total. The second-order valence-corrected chi connectivity index (χ2v) is 10.4. The number of pyridine rings is 1. The summed E-state index contributed by atoms with van der Waals surface area (Å²) in [7, 11) is 2.26. The molecule has 156 valence electrons.